The molecule has 0 amide bonds. The second kappa shape index (κ2) is 4.24. The van der Waals surface area contributed by atoms with Gasteiger partial charge in [-0.15, -0.1) is 0 Å². The predicted molar refractivity (Wildman–Crippen MR) is 52.1 cm³/mol. The highest BCUT2D eigenvalue weighted by atomic mass is 32.1. The van der Waals surface area contributed by atoms with Crippen molar-refractivity contribution in [3.05, 3.63) is 35.9 Å². The predicted octanol–water partition coefficient (Wildman–Crippen LogP) is 3.06. The summed E-state index contributed by atoms with van der Waals surface area (Å²) in [6.07, 6.45) is 1.04. The molecule has 0 N–H and O–H groups in total. The minimum Gasteiger partial charge on any atom is -0.0830 e. The van der Waals surface area contributed by atoms with E-state index in [4.69, 9.17) is 12.2 Å². The molecule has 0 aromatic heterocycles. The molecule has 1 heteroatoms. The third-order valence-electron chi connectivity index (χ3n) is 1.75. The Kier molecular flexibility index (Phi) is 3.24. The molecular formula is C10H11S. The molecule has 0 nitrogen and oxygen atoms in total. The Hall–Kier alpha value is -0.690. The Bertz CT molecular complexity index is 216. The van der Waals surface area contributed by atoms with Crippen molar-refractivity contribution in [3.63, 3.8) is 0 Å². The van der Waals surface area contributed by atoms with Crippen LogP contribution in [0.15, 0.2) is 30.3 Å². The zero-order valence-electron chi connectivity index (χ0n) is 6.58. The summed E-state index contributed by atoms with van der Waals surface area (Å²) in [7, 11) is 0. The van der Waals surface area contributed by atoms with Crippen LogP contribution in [-0.4, -0.2) is 5.37 Å². The summed E-state index contributed by atoms with van der Waals surface area (Å²) in [5.41, 5.74) is 1.27. The number of hydrogen-bond acceptors (Lipinski definition) is 1. The highest BCUT2D eigenvalue weighted by molar-refractivity contribution is 7.79. The van der Waals surface area contributed by atoms with Crippen molar-refractivity contribution >= 4 is 17.6 Å². The lowest BCUT2D eigenvalue weighted by molar-refractivity contribution is 0.867. The topological polar surface area (TPSA) is 0 Å². The molecule has 0 saturated carbocycles. The van der Waals surface area contributed by atoms with E-state index in [1.54, 1.807) is 0 Å². The molecule has 1 rings (SSSR count). The van der Waals surface area contributed by atoms with Crippen LogP contribution in [0.4, 0.5) is 0 Å². The van der Waals surface area contributed by atoms with Crippen molar-refractivity contribution in [2.24, 2.45) is 0 Å². The van der Waals surface area contributed by atoms with E-state index in [1.807, 2.05) is 18.2 Å². The van der Waals surface area contributed by atoms with Gasteiger partial charge in [0.25, 0.3) is 0 Å². The zero-order valence-corrected chi connectivity index (χ0v) is 7.40. The van der Waals surface area contributed by atoms with Gasteiger partial charge in [-0.1, -0.05) is 49.5 Å². The quantitative estimate of drug-likeness (QED) is 0.617. The maximum Gasteiger partial charge on any atom is 0.0372 e. The van der Waals surface area contributed by atoms with Gasteiger partial charge in [-0.25, -0.2) is 0 Å². The molecule has 0 saturated heterocycles. The lowest BCUT2D eigenvalue weighted by atomic mass is 9.99. The number of hydrogen-bond donors (Lipinski definition) is 0. The van der Waals surface area contributed by atoms with E-state index in [9.17, 15) is 0 Å². The third-order valence-corrected chi connectivity index (χ3v) is 2.04. The van der Waals surface area contributed by atoms with Gasteiger partial charge in [0.15, 0.2) is 0 Å². The van der Waals surface area contributed by atoms with E-state index in [0.29, 0.717) is 5.92 Å². The normalized spacial score (nSPS) is 12.5. The van der Waals surface area contributed by atoms with Crippen molar-refractivity contribution in [1.29, 1.82) is 0 Å². The molecule has 0 heterocycles. The summed E-state index contributed by atoms with van der Waals surface area (Å²) in [5.74, 6) is 0.325. The first-order chi connectivity index (χ1) is 5.38. The monoisotopic (exact) mass is 163 g/mol. The molecule has 1 atom stereocenters. The maximum absolute atomic E-state index is 4.80. The summed E-state index contributed by atoms with van der Waals surface area (Å²) in [5, 5.41) is 2.85. The standard InChI is InChI=1S/C10H11S/c1-2-9(8-11)10-6-4-3-5-7-10/h3-7,9H,2H2,1H3. The van der Waals surface area contributed by atoms with Gasteiger partial charge in [0.1, 0.15) is 0 Å². The minimum atomic E-state index is 0.325. The number of thiocarbonyl (C=S) groups is 1. The molecule has 1 aromatic carbocycles. The molecule has 0 aliphatic rings. The molecule has 57 valence electrons. The van der Waals surface area contributed by atoms with E-state index in [2.05, 4.69) is 24.4 Å². The van der Waals surface area contributed by atoms with Crippen LogP contribution in [0.3, 0.4) is 0 Å². The Balaban J connectivity index is 2.82. The van der Waals surface area contributed by atoms with Gasteiger partial charge >= 0.3 is 0 Å². The number of benzene rings is 1. The number of rotatable bonds is 3. The first-order valence-corrected chi connectivity index (χ1v) is 4.22. The molecule has 1 aromatic rings. The first kappa shape index (κ1) is 8.41. The smallest absolute Gasteiger partial charge is 0.0372 e. The summed E-state index contributed by atoms with van der Waals surface area (Å²) in [6, 6.07) is 10.3. The molecule has 0 spiro atoms. The Morgan fingerprint density at radius 1 is 1.36 bits per heavy atom. The van der Waals surface area contributed by atoms with Crippen LogP contribution < -0.4 is 0 Å². The van der Waals surface area contributed by atoms with Gasteiger partial charge in [-0.3, -0.25) is 0 Å². The van der Waals surface area contributed by atoms with Crippen LogP contribution in [0, 0.1) is 0 Å². The van der Waals surface area contributed by atoms with Crippen molar-refractivity contribution in [1.82, 2.24) is 0 Å². The average Bonchev–Trinajstić information content (AvgIpc) is 2.09. The van der Waals surface area contributed by atoms with Crippen LogP contribution in [0.1, 0.15) is 24.8 Å². The SMILES string of the molecule is CCC([C]=S)c1ccccc1. The highest BCUT2D eigenvalue weighted by Crippen LogP contribution is 2.16. The van der Waals surface area contributed by atoms with Crippen molar-refractivity contribution < 1.29 is 0 Å². The third kappa shape index (κ3) is 2.12. The van der Waals surface area contributed by atoms with Crippen LogP contribution in [0.25, 0.3) is 0 Å². The molecule has 0 bridgehead atoms. The van der Waals surface area contributed by atoms with E-state index in [0.717, 1.165) is 6.42 Å². The molecule has 11 heavy (non-hydrogen) atoms. The largest absolute Gasteiger partial charge is 0.0830 e. The average molecular weight is 163 g/mol. The van der Waals surface area contributed by atoms with Crippen LogP contribution in [-0.2, 0) is 0 Å². The van der Waals surface area contributed by atoms with Gasteiger partial charge in [0.05, 0.1) is 0 Å². The molecule has 1 radical (unpaired) electrons. The molecular weight excluding hydrogens is 152 g/mol. The van der Waals surface area contributed by atoms with Gasteiger partial charge in [-0.2, -0.15) is 0 Å². The van der Waals surface area contributed by atoms with Gasteiger partial charge in [-0.05, 0) is 12.0 Å². The fourth-order valence-corrected chi connectivity index (χ4v) is 1.38. The lowest BCUT2D eigenvalue weighted by Crippen LogP contribution is -1.95. The molecule has 0 aliphatic carbocycles. The van der Waals surface area contributed by atoms with E-state index < -0.39 is 0 Å². The molecule has 0 fully saturated rings. The first-order valence-electron chi connectivity index (χ1n) is 3.81. The maximum atomic E-state index is 4.80. The summed E-state index contributed by atoms with van der Waals surface area (Å²) < 4.78 is 0. The Morgan fingerprint density at radius 2 is 2.00 bits per heavy atom. The van der Waals surface area contributed by atoms with Crippen molar-refractivity contribution in [2.45, 2.75) is 19.3 Å². The molecule has 0 aliphatic heterocycles. The van der Waals surface area contributed by atoms with E-state index in [-0.39, 0.29) is 0 Å². The van der Waals surface area contributed by atoms with Crippen LogP contribution >= 0.6 is 12.2 Å². The van der Waals surface area contributed by atoms with Crippen LogP contribution in [0.5, 0.6) is 0 Å². The van der Waals surface area contributed by atoms with Gasteiger partial charge in [0, 0.05) is 11.3 Å². The van der Waals surface area contributed by atoms with Gasteiger partial charge < -0.3 is 0 Å². The van der Waals surface area contributed by atoms with Gasteiger partial charge in [0.2, 0.25) is 0 Å². The fraction of sp³-hybridized carbons (Fsp3) is 0.300. The second-order valence-electron chi connectivity index (χ2n) is 2.49. The Morgan fingerprint density at radius 3 is 2.45 bits per heavy atom. The minimum absolute atomic E-state index is 0.325. The van der Waals surface area contributed by atoms with Crippen molar-refractivity contribution in [2.75, 3.05) is 0 Å². The van der Waals surface area contributed by atoms with E-state index in [1.165, 1.54) is 5.56 Å². The zero-order chi connectivity index (χ0) is 8.10. The van der Waals surface area contributed by atoms with Crippen molar-refractivity contribution in [3.8, 4) is 0 Å². The molecule has 1 unspecified atom stereocenters. The highest BCUT2D eigenvalue weighted by Gasteiger charge is 2.03. The van der Waals surface area contributed by atoms with Crippen LogP contribution in [0.2, 0.25) is 0 Å². The summed E-state index contributed by atoms with van der Waals surface area (Å²) in [6.45, 7) is 2.12. The van der Waals surface area contributed by atoms with E-state index >= 15 is 0 Å². The second-order valence-corrected chi connectivity index (χ2v) is 2.73. The fourth-order valence-electron chi connectivity index (χ4n) is 1.07. The summed E-state index contributed by atoms with van der Waals surface area (Å²) >= 11 is 4.80. The lowest BCUT2D eigenvalue weighted by Gasteiger charge is -2.06. The Labute approximate surface area is 73.2 Å². The summed E-state index contributed by atoms with van der Waals surface area (Å²) in [4.78, 5) is 0.